The Bertz CT molecular complexity index is 379. The summed E-state index contributed by atoms with van der Waals surface area (Å²) in [4.78, 5) is 1.53. The van der Waals surface area contributed by atoms with Crippen molar-refractivity contribution in [1.82, 2.24) is 0 Å². The molecular weight excluding hydrogens is 253 g/mol. The van der Waals surface area contributed by atoms with E-state index in [-0.39, 0.29) is 13.1 Å². The van der Waals surface area contributed by atoms with Gasteiger partial charge in [-0.2, -0.15) is 13.2 Å². The summed E-state index contributed by atoms with van der Waals surface area (Å²) in [5, 5.41) is 0.526. The van der Waals surface area contributed by atoms with Crippen molar-refractivity contribution in [1.29, 1.82) is 0 Å². The molecule has 0 bridgehead atoms. The first-order valence-corrected chi connectivity index (χ1v) is 5.47. The van der Waals surface area contributed by atoms with Crippen LogP contribution < -0.4 is 10.6 Å². The van der Waals surface area contributed by atoms with Gasteiger partial charge in [-0.15, -0.1) is 0 Å². The van der Waals surface area contributed by atoms with Crippen molar-refractivity contribution >= 4 is 17.3 Å². The number of nitrogens with zero attached hydrogens (tertiary/aromatic N) is 1. The van der Waals surface area contributed by atoms with Gasteiger partial charge in [-0.3, -0.25) is 0 Å². The van der Waals surface area contributed by atoms with Crippen molar-refractivity contribution in [3.8, 4) is 0 Å². The molecule has 6 heteroatoms. The maximum absolute atomic E-state index is 12.1. The van der Waals surface area contributed by atoms with Gasteiger partial charge in [0.2, 0.25) is 0 Å². The van der Waals surface area contributed by atoms with Crippen molar-refractivity contribution in [3.63, 3.8) is 0 Å². The zero-order chi connectivity index (χ0) is 13.1. The predicted molar refractivity (Wildman–Crippen MR) is 63.3 cm³/mol. The van der Waals surface area contributed by atoms with Crippen LogP contribution in [-0.4, -0.2) is 19.8 Å². The molecule has 1 aromatic rings. The molecule has 2 N–H and O–H groups in total. The second-order valence-corrected chi connectivity index (χ2v) is 4.20. The van der Waals surface area contributed by atoms with Crippen LogP contribution in [0.5, 0.6) is 0 Å². The van der Waals surface area contributed by atoms with Crippen LogP contribution in [0.4, 0.5) is 18.9 Å². The lowest BCUT2D eigenvalue weighted by Crippen LogP contribution is -2.25. The zero-order valence-corrected chi connectivity index (χ0v) is 10.1. The van der Waals surface area contributed by atoms with E-state index in [1.807, 2.05) is 0 Å². The number of nitrogens with two attached hydrogens (primary N) is 1. The van der Waals surface area contributed by atoms with Gasteiger partial charge in [-0.1, -0.05) is 11.6 Å². The Labute approximate surface area is 103 Å². The molecule has 0 heterocycles. The molecule has 0 radical (unpaired) electrons. The fourth-order valence-corrected chi connectivity index (χ4v) is 1.70. The van der Waals surface area contributed by atoms with Crippen molar-refractivity contribution in [3.05, 3.63) is 28.8 Å². The van der Waals surface area contributed by atoms with Crippen LogP contribution in [0.15, 0.2) is 18.2 Å². The summed E-state index contributed by atoms with van der Waals surface area (Å²) < 4.78 is 36.3. The second kappa shape index (κ2) is 5.60. The molecule has 2 nitrogen and oxygen atoms in total. The van der Waals surface area contributed by atoms with E-state index < -0.39 is 12.6 Å². The van der Waals surface area contributed by atoms with Crippen LogP contribution in [0, 0.1) is 0 Å². The summed E-state index contributed by atoms with van der Waals surface area (Å²) in [7, 11) is 1.61. The maximum Gasteiger partial charge on any atom is 0.390 e. The summed E-state index contributed by atoms with van der Waals surface area (Å²) in [6, 6.07) is 4.99. The molecule has 0 unspecified atom stereocenters. The average molecular weight is 267 g/mol. The monoisotopic (exact) mass is 266 g/mol. The SMILES string of the molecule is CN(CCC(F)(F)F)c1ccc(Cl)cc1CN. The predicted octanol–water partition coefficient (Wildman–Crippen LogP) is 3.19. The summed E-state index contributed by atoms with van der Waals surface area (Å²) in [6.45, 7) is 0.143. The molecule has 0 amide bonds. The van der Waals surface area contributed by atoms with Crippen LogP contribution in [0.3, 0.4) is 0 Å². The number of rotatable bonds is 4. The van der Waals surface area contributed by atoms with Crippen LogP contribution in [-0.2, 0) is 6.54 Å². The van der Waals surface area contributed by atoms with Gasteiger partial charge in [0.15, 0.2) is 0 Å². The summed E-state index contributed by atoms with van der Waals surface area (Å²) in [5.74, 6) is 0. The molecular formula is C11H14ClF3N2. The molecule has 0 saturated carbocycles. The third kappa shape index (κ3) is 4.44. The van der Waals surface area contributed by atoms with Gasteiger partial charge in [-0.25, -0.2) is 0 Å². The first-order valence-electron chi connectivity index (χ1n) is 5.10. The number of benzene rings is 1. The highest BCUT2D eigenvalue weighted by Crippen LogP contribution is 2.25. The molecule has 1 rings (SSSR count). The van der Waals surface area contributed by atoms with E-state index in [9.17, 15) is 13.2 Å². The first-order chi connectivity index (χ1) is 7.83. The number of hydrogen-bond donors (Lipinski definition) is 1. The van der Waals surface area contributed by atoms with E-state index in [0.29, 0.717) is 10.7 Å². The Morgan fingerprint density at radius 3 is 2.53 bits per heavy atom. The minimum absolute atomic E-state index is 0.0991. The van der Waals surface area contributed by atoms with Crippen molar-refractivity contribution in [2.45, 2.75) is 19.1 Å². The topological polar surface area (TPSA) is 29.3 Å². The lowest BCUT2D eigenvalue weighted by Gasteiger charge is -2.23. The number of alkyl halides is 3. The fraction of sp³-hybridized carbons (Fsp3) is 0.455. The molecule has 96 valence electrons. The number of halogens is 4. The third-order valence-electron chi connectivity index (χ3n) is 2.40. The first kappa shape index (κ1) is 14.1. The lowest BCUT2D eigenvalue weighted by molar-refractivity contribution is -0.132. The molecule has 0 spiro atoms. The van der Waals surface area contributed by atoms with Crippen LogP contribution >= 0.6 is 11.6 Å². The van der Waals surface area contributed by atoms with Gasteiger partial charge in [0.05, 0.1) is 6.42 Å². The molecule has 0 saturated heterocycles. The molecule has 1 aromatic carbocycles. The Balaban J connectivity index is 2.78. The standard InChI is InChI=1S/C11H14ClF3N2/c1-17(5-4-11(13,14)15)10-3-2-9(12)6-8(10)7-16/h2-3,6H,4-5,7,16H2,1H3. The van der Waals surface area contributed by atoms with E-state index in [1.54, 1.807) is 25.2 Å². The van der Waals surface area contributed by atoms with Gasteiger partial charge < -0.3 is 10.6 Å². The summed E-state index contributed by atoms with van der Waals surface area (Å²) in [6.07, 6.45) is -5.00. The zero-order valence-electron chi connectivity index (χ0n) is 9.39. The highest BCUT2D eigenvalue weighted by molar-refractivity contribution is 6.30. The molecule has 0 fully saturated rings. The van der Waals surface area contributed by atoms with Crippen molar-refractivity contribution in [2.24, 2.45) is 5.73 Å². The minimum Gasteiger partial charge on any atom is -0.374 e. The molecule has 0 aliphatic heterocycles. The number of hydrogen-bond acceptors (Lipinski definition) is 2. The van der Waals surface area contributed by atoms with Crippen molar-refractivity contribution in [2.75, 3.05) is 18.5 Å². The molecule has 0 aromatic heterocycles. The van der Waals surface area contributed by atoms with Gasteiger partial charge in [0.25, 0.3) is 0 Å². The molecule has 17 heavy (non-hydrogen) atoms. The summed E-state index contributed by atoms with van der Waals surface area (Å²) in [5.41, 5.74) is 6.95. The smallest absolute Gasteiger partial charge is 0.374 e. The van der Waals surface area contributed by atoms with E-state index in [0.717, 1.165) is 5.56 Å². The van der Waals surface area contributed by atoms with Crippen LogP contribution in [0.2, 0.25) is 5.02 Å². The lowest BCUT2D eigenvalue weighted by atomic mass is 10.1. The minimum atomic E-state index is -4.15. The Morgan fingerprint density at radius 1 is 1.35 bits per heavy atom. The van der Waals surface area contributed by atoms with Gasteiger partial charge >= 0.3 is 6.18 Å². The molecule has 0 aliphatic carbocycles. The average Bonchev–Trinajstić information content (AvgIpc) is 2.24. The Hall–Kier alpha value is -0.940. The largest absolute Gasteiger partial charge is 0.390 e. The van der Waals surface area contributed by atoms with Gasteiger partial charge in [-0.05, 0) is 23.8 Å². The van der Waals surface area contributed by atoms with Crippen molar-refractivity contribution < 1.29 is 13.2 Å². The quantitative estimate of drug-likeness (QED) is 0.907. The van der Waals surface area contributed by atoms with E-state index >= 15 is 0 Å². The fourth-order valence-electron chi connectivity index (χ4n) is 1.50. The van der Waals surface area contributed by atoms with Crippen LogP contribution in [0.1, 0.15) is 12.0 Å². The molecule has 0 aliphatic rings. The second-order valence-electron chi connectivity index (χ2n) is 3.76. The summed E-state index contributed by atoms with van der Waals surface area (Å²) >= 11 is 5.80. The maximum atomic E-state index is 12.1. The van der Waals surface area contributed by atoms with E-state index in [2.05, 4.69) is 0 Å². The van der Waals surface area contributed by atoms with Gasteiger partial charge in [0, 0.05) is 30.8 Å². The number of anilines is 1. The highest BCUT2D eigenvalue weighted by atomic mass is 35.5. The Morgan fingerprint density at radius 2 is 2.00 bits per heavy atom. The van der Waals surface area contributed by atoms with Gasteiger partial charge in [0.1, 0.15) is 0 Å². The van der Waals surface area contributed by atoms with Crippen LogP contribution in [0.25, 0.3) is 0 Å². The third-order valence-corrected chi connectivity index (χ3v) is 2.64. The Kier molecular flexibility index (Phi) is 4.65. The highest BCUT2D eigenvalue weighted by Gasteiger charge is 2.27. The normalized spacial score (nSPS) is 11.6. The molecule has 0 atom stereocenters. The van der Waals surface area contributed by atoms with E-state index in [4.69, 9.17) is 17.3 Å². The van der Waals surface area contributed by atoms with E-state index in [1.165, 1.54) is 4.90 Å².